The maximum atomic E-state index is 11.9. The Labute approximate surface area is 113 Å². The van der Waals surface area contributed by atoms with Crippen molar-refractivity contribution in [2.75, 3.05) is 13.2 Å². The minimum absolute atomic E-state index is 0.135. The van der Waals surface area contributed by atoms with Crippen LogP contribution in [0.25, 0.3) is 0 Å². The van der Waals surface area contributed by atoms with Gasteiger partial charge in [-0.1, -0.05) is 26.3 Å². The Balaban J connectivity index is 2.26. The highest BCUT2D eigenvalue weighted by Crippen LogP contribution is 2.29. The molecule has 1 aromatic carbocycles. The number of ether oxygens (including phenoxy) is 1. The summed E-state index contributed by atoms with van der Waals surface area (Å²) in [6.07, 6.45) is 1.45. The second kappa shape index (κ2) is 6.06. The Morgan fingerprint density at radius 3 is 3.00 bits per heavy atom. The Morgan fingerprint density at radius 1 is 1.47 bits per heavy atom. The SMILES string of the molecule is CCCC(C)C(O)c1ccc2c(c1)C(=O)NCCO2. The van der Waals surface area contributed by atoms with E-state index in [4.69, 9.17) is 4.74 Å². The lowest BCUT2D eigenvalue weighted by Gasteiger charge is -2.19. The van der Waals surface area contributed by atoms with E-state index in [-0.39, 0.29) is 11.8 Å². The lowest BCUT2D eigenvalue weighted by molar-refractivity contribution is 0.0955. The molecule has 19 heavy (non-hydrogen) atoms. The van der Waals surface area contributed by atoms with Crippen LogP contribution in [0.15, 0.2) is 18.2 Å². The molecule has 104 valence electrons. The zero-order chi connectivity index (χ0) is 13.8. The van der Waals surface area contributed by atoms with Crippen LogP contribution in [0, 0.1) is 5.92 Å². The van der Waals surface area contributed by atoms with Gasteiger partial charge in [0.05, 0.1) is 18.2 Å². The van der Waals surface area contributed by atoms with Gasteiger partial charge in [0.1, 0.15) is 12.4 Å². The molecule has 1 aliphatic rings. The molecule has 0 aromatic heterocycles. The summed E-state index contributed by atoms with van der Waals surface area (Å²) in [7, 11) is 0. The van der Waals surface area contributed by atoms with Gasteiger partial charge in [-0.3, -0.25) is 4.79 Å². The maximum absolute atomic E-state index is 11.9. The smallest absolute Gasteiger partial charge is 0.255 e. The van der Waals surface area contributed by atoms with Crippen molar-refractivity contribution in [2.24, 2.45) is 5.92 Å². The summed E-state index contributed by atoms with van der Waals surface area (Å²) in [6.45, 7) is 5.11. The molecule has 0 radical (unpaired) electrons. The molecule has 2 N–H and O–H groups in total. The van der Waals surface area contributed by atoms with E-state index in [9.17, 15) is 9.90 Å². The standard InChI is InChI=1S/C15H21NO3/c1-3-4-10(2)14(17)11-5-6-13-12(9-11)15(18)16-7-8-19-13/h5-6,9-10,14,17H,3-4,7-8H2,1-2H3,(H,16,18). The van der Waals surface area contributed by atoms with E-state index in [1.54, 1.807) is 12.1 Å². The van der Waals surface area contributed by atoms with E-state index in [1.807, 2.05) is 13.0 Å². The normalized spacial score (nSPS) is 17.7. The summed E-state index contributed by atoms with van der Waals surface area (Å²) in [5, 5.41) is 13.1. The number of amides is 1. The molecule has 0 spiro atoms. The van der Waals surface area contributed by atoms with Crippen LogP contribution < -0.4 is 10.1 Å². The monoisotopic (exact) mass is 263 g/mol. The predicted octanol–water partition coefficient (Wildman–Crippen LogP) is 2.28. The molecular formula is C15H21NO3. The Hall–Kier alpha value is -1.55. The molecule has 0 saturated heterocycles. The summed E-state index contributed by atoms with van der Waals surface area (Å²) in [5.41, 5.74) is 1.29. The number of aliphatic hydroxyl groups is 1. The van der Waals surface area contributed by atoms with Gasteiger partial charge in [-0.05, 0) is 30.0 Å². The van der Waals surface area contributed by atoms with Crippen LogP contribution in [-0.2, 0) is 0 Å². The summed E-state index contributed by atoms with van der Waals surface area (Å²) in [6, 6.07) is 5.36. The van der Waals surface area contributed by atoms with Gasteiger partial charge in [-0.2, -0.15) is 0 Å². The Morgan fingerprint density at radius 2 is 2.26 bits per heavy atom. The van der Waals surface area contributed by atoms with Crippen molar-refractivity contribution in [3.63, 3.8) is 0 Å². The molecule has 1 amide bonds. The highest BCUT2D eigenvalue weighted by atomic mass is 16.5. The van der Waals surface area contributed by atoms with E-state index in [2.05, 4.69) is 12.2 Å². The zero-order valence-electron chi connectivity index (χ0n) is 11.5. The number of nitrogens with one attached hydrogen (secondary N) is 1. The van der Waals surface area contributed by atoms with Crippen LogP contribution in [0.1, 0.15) is 48.7 Å². The van der Waals surface area contributed by atoms with Crippen molar-refractivity contribution >= 4 is 5.91 Å². The summed E-state index contributed by atoms with van der Waals surface area (Å²) >= 11 is 0. The Kier molecular flexibility index (Phi) is 4.43. The van der Waals surface area contributed by atoms with Gasteiger partial charge in [-0.25, -0.2) is 0 Å². The van der Waals surface area contributed by atoms with Gasteiger partial charge in [0.2, 0.25) is 0 Å². The van der Waals surface area contributed by atoms with Gasteiger partial charge in [0.15, 0.2) is 0 Å². The molecule has 1 heterocycles. The third-order valence-corrected chi connectivity index (χ3v) is 3.52. The average Bonchev–Trinajstić information content (AvgIpc) is 2.60. The number of carbonyl (C=O) groups excluding carboxylic acids is 1. The van der Waals surface area contributed by atoms with Crippen LogP contribution in [0.2, 0.25) is 0 Å². The van der Waals surface area contributed by atoms with Gasteiger partial charge in [0, 0.05) is 0 Å². The van der Waals surface area contributed by atoms with Crippen molar-refractivity contribution in [3.8, 4) is 5.75 Å². The third-order valence-electron chi connectivity index (χ3n) is 3.52. The highest BCUT2D eigenvalue weighted by Gasteiger charge is 2.21. The molecule has 1 aromatic rings. The first-order valence-corrected chi connectivity index (χ1v) is 6.86. The van der Waals surface area contributed by atoms with Crippen molar-refractivity contribution in [2.45, 2.75) is 32.8 Å². The van der Waals surface area contributed by atoms with Crippen LogP contribution in [0.4, 0.5) is 0 Å². The van der Waals surface area contributed by atoms with Crippen molar-refractivity contribution in [3.05, 3.63) is 29.3 Å². The maximum Gasteiger partial charge on any atom is 0.255 e. The molecule has 1 aliphatic heterocycles. The molecule has 0 aliphatic carbocycles. The van der Waals surface area contributed by atoms with Crippen molar-refractivity contribution in [1.82, 2.24) is 5.32 Å². The molecule has 2 atom stereocenters. The number of fused-ring (bicyclic) bond motifs is 1. The van der Waals surface area contributed by atoms with Gasteiger partial charge < -0.3 is 15.2 Å². The lowest BCUT2D eigenvalue weighted by atomic mass is 9.92. The fourth-order valence-corrected chi connectivity index (χ4v) is 2.40. The first kappa shape index (κ1) is 13.9. The minimum atomic E-state index is -0.540. The summed E-state index contributed by atoms with van der Waals surface area (Å²) in [5.74, 6) is 0.636. The van der Waals surface area contributed by atoms with Gasteiger partial charge in [0.25, 0.3) is 5.91 Å². The molecule has 0 bridgehead atoms. The summed E-state index contributed by atoms with van der Waals surface area (Å²) < 4.78 is 5.50. The molecule has 4 heteroatoms. The van der Waals surface area contributed by atoms with Gasteiger partial charge in [-0.15, -0.1) is 0 Å². The second-order valence-electron chi connectivity index (χ2n) is 5.07. The van der Waals surface area contributed by atoms with E-state index >= 15 is 0 Å². The lowest BCUT2D eigenvalue weighted by Crippen LogP contribution is -2.24. The zero-order valence-corrected chi connectivity index (χ0v) is 11.5. The Bertz CT molecular complexity index is 459. The number of benzene rings is 1. The molecule has 2 unspecified atom stereocenters. The molecule has 2 rings (SSSR count). The second-order valence-corrected chi connectivity index (χ2v) is 5.07. The molecule has 4 nitrogen and oxygen atoms in total. The fourth-order valence-electron chi connectivity index (χ4n) is 2.40. The van der Waals surface area contributed by atoms with E-state index in [0.29, 0.717) is 24.5 Å². The van der Waals surface area contributed by atoms with Crippen molar-refractivity contribution < 1.29 is 14.6 Å². The average molecular weight is 263 g/mol. The molecule has 0 fully saturated rings. The van der Waals surface area contributed by atoms with Crippen molar-refractivity contribution in [1.29, 1.82) is 0 Å². The predicted molar refractivity (Wildman–Crippen MR) is 73.3 cm³/mol. The topological polar surface area (TPSA) is 58.6 Å². The number of carbonyl (C=O) groups is 1. The third kappa shape index (κ3) is 3.07. The number of hydrogen-bond acceptors (Lipinski definition) is 3. The number of rotatable bonds is 4. The van der Waals surface area contributed by atoms with Crippen LogP contribution in [0.3, 0.4) is 0 Å². The van der Waals surface area contributed by atoms with E-state index in [0.717, 1.165) is 18.4 Å². The molecular weight excluding hydrogens is 242 g/mol. The number of aliphatic hydroxyl groups excluding tert-OH is 1. The van der Waals surface area contributed by atoms with Crippen LogP contribution in [-0.4, -0.2) is 24.2 Å². The quantitative estimate of drug-likeness (QED) is 0.876. The largest absolute Gasteiger partial charge is 0.491 e. The first-order chi connectivity index (χ1) is 9.13. The van der Waals surface area contributed by atoms with Crippen LogP contribution >= 0.6 is 0 Å². The van der Waals surface area contributed by atoms with E-state index < -0.39 is 6.10 Å². The fraction of sp³-hybridized carbons (Fsp3) is 0.533. The number of hydrogen-bond donors (Lipinski definition) is 2. The van der Waals surface area contributed by atoms with Crippen LogP contribution in [0.5, 0.6) is 5.75 Å². The first-order valence-electron chi connectivity index (χ1n) is 6.86. The minimum Gasteiger partial charge on any atom is -0.491 e. The van der Waals surface area contributed by atoms with E-state index in [1.165, 1.54) is 0 Å². The summed E-state index contributed by atoms with van der Waals surface area (Å²) in [4.78, 5) is 11.9. The highest BCUT2D eigenvalue weighted by molar-refractivity contribution is 5.97. The van der Waals surface area contributed by atoms with Gasteiger partial charge >= 0.3 is 0 Å². The molecule has 0 saturated carbocycles.